The molecule has 0 spiro atoms. The lowest BCUT2D eigenvalue weighted by Gasteiger charge is -2.01. The number of benzene rings is 1. The predicted octanol–water partition coefficient (Wildman–Crippen LogP) is 3.49. The molecule has 102 valence electrons. The van der Waals surface area contributed by atoms with Crippen LogP contribution in [0.1, 0.15) is 5.76 Å². The molecule has 20 heavy (non-hydrogen) atoms. The fourth-order valence-electron chi connectivity index (χ4n) is 1.44. The van der Waals surface area contributed by atoms with Gasteiger partial charge in [0.05, 0.1) is 6.07 Å². The summed E-state index contributed by atoms with van der Waals surface area (Å²) in [5.41, 5.74) is 0.553. The van der Waals surface area contributed by atoms with Gasteiger partial charge in [0, 0.05) is 16.8 Å². The molecule has 0 saturated heterocycles. The number of carbonyl (C=O) groups excluding carboxylic acids is 1. The van der Waals surface area contributed by atoms with Crippen molar-refractivity contribution in [1.82, 2.24) is 0 Å². The van der Waals surface area contributed by atoms with Crippen molar-refractivity contribution in [2.45, 2.75) is 0 Å². The van der Waals surface area contributed by atoms with E-state index in [4.69, 9.17) is 16.0 Å². The number of hydrogen-bond donors (Lipinski definition) is 1. The largest absolute Gasteiger partial charge is 0.433 e. The predicted molar refractivity (Wildman–Crippen MR) is 74.5 cm³/mol. The van der Waals surface area contributed by atoms with Gasteiger partial charge in [-0.05, 0) is 30.3 Å². The zero-order valence-electron chi connectivity index (χ0n) is 10.1. The quantitative estimate of drug-likeness (QED) is 0.531. The molecule has 1 aromatic carbocycles. The maximum absolute atomic E-state index is 11.6. The lowest BCUT2D eigenvalue weighted by atomic mass is 10.3. The number of hydrogen-bond acceptors (Lipinski definition) is 4. The highest BCUT2D eigenvalue weighted by molar-refractivity contribution is 6.30. The van der Waals surface area contributed by atoms with E-state index in [-0.39, 0.29) is 11.6 Å². The van der Waals surface area contributed by atoms with Gasteiger partial charge in [0.2, 0.25) is 5.91 Å². The van der Waals surface area contributed by atoms with E-state index in [2.05, 4.69) is 5.32 Å². The van der Waals surface area contributed by atoms with Gasteiger partial charge in [0.1, 0.15) is 10.7 Å². The summed E-state index contributed by atoms with van der Waals surface area (Å²) in [6.07, 6.45) is 2.55. The van der Waals surface area contributed by atoms with Crippen LogP contribution < -0.4 is 5.32 Å². The van der Waals surface area contributed by atoms with E-state index in [1.54, 1.807) is 24.3 Å². The number of carbonyl (C=O) groups is 1. The summed E-state index contributed by atoms with van der Waals surface area (Å²) in [6, 6.07) is 9.31. The smallest absolute Gasteiger partial charge is 0.401 e. The minimum atomic E-state index is -0.649. The maximum atomic E-state index is 11.6. The Kier molecular flexibility index (Phi) is 4.17. The Morgan fingerprint density at radius 2 is 2.15 bits per heavy atom. The van der Waals surface area contributed by atoms with Crippen molar-refractivity contribution in [1.29, 1.82) is 0 Å². The van der Waals surface area contributed by atoms with Crippen LogP contribution in [0.3, 0.4) is 0 Å². The van der Waals surface area contributed by atoms with Crippen molar-refractivity contribution in [2.75, 3.05) is 5.32 Å². The lowest BCUT2D eigenvalue weighted by molar-refractivity contribution is -0.402. The molecule has 0 radical (unpaired) electrons. The highest BCUT2D eigenvalue weighted by Gasteiger charge is 2.10. The summed E-state index contributed by atoms with van der Waals surface area (Å²) < 4.78 is 4.88. The van der Waals surface area contributed by atoms with Gasteiger partial charge in [-0.15, -0.1) is 0 Å². The molecule has 1 heterocycles. The van der Waals surface area contributed by atoms with Crippen molar-refractivity contribution >= 4 is 35.2 Å². The zero-order valence-corrected chi connectivity index (χ0v) is 10.8. The van der Waals surface area contributed by atoms with E-state index >= 15 is 0 Å². The Bertz CT molecular complexity index is 679. The molecule has 1 amide bonds. The normalized spacial score (nSPS) is 10.7. The van der Waals surface area contributed by atoms with Gasteiger partial charge in [-0.2, -0.15) is 0 Å². The third-order valence-corrected chi connectivity index (χ3v) is 2.52. The molecule has 0 fully saturated rings. The molecule has 0 aliphatic carbocycles. The molecular formula is C13H9ClN2O4. The van der Waals surface area contributed by atoms with Crippen molar-refractivity contribution in [3.8, 4) is 0 Å². The molecule has 0 aliphatic rings. The number of anilines is 1. The summed E-state index contributed by atoms with van der Waals surface area (Å²) in [7, 11) is 0. The van der Waals surface area contributed by atoms with Crippen LogP contribution in [0, 0.1) is 10.1 Å². The van der Waals surface area contributed by atoms with E-state index < -0.39 is 10.8 Å². The Balaban J connectivity index is 2.00. The van der Waals surface area contributed by atoms with E-state index in [9.17, 15) is 14.9 Å². The second-order valence-electron chi connectivity index (χ2n) is 3.77. The summed E-state index contributed by atoms with van der Waals surface area (Å²) >= 11 is 5.79. The average Bonchev–Trinajstić information content (AvgIpc) is 2.85. The molecule has 1 aromatic heterocycles. The summed E-state index contributed by atoms with van der Waals surface area (Å²) in [4.78, 5) is 21.4. The molecular weight excluding hydrogens is 284 g/mol. The molecule has 0 saturated carbocycles. The lowest BCUT2D eigenvalue weighted by Crippen LogP contribution is -2.07. The molecule has 2 aromatic rings. The maximum Gasteiger partial charge on any atom is 0.433 e. The number of halogens is 1. The Hall–Kier alpha value is -2.60. The molecule has 0 aliphatic heterocycles. The Labute approximate surface area is 118 Å². The fraction of sp³-hybridized carbons (Fsp3) is 0. The van der Waals surface area contributed by atoms with Gasteiger partial charge in [-0.3, -0.25) is 14.9 Å². The van der Waals surface area contributed by atoms with E-state index in [1.807, 2.05) is 0 Å². The summed E-state index contributed by atoms with van der Waals surface area (Å²) in [5, 5.41) is 13.5. The first-order valence-corrected chi connectivity index (χ1v) is 5.91. The van der Waals surface area contributed by atoms with Gasteiger partial charge in [0.25, 0.3) is 0 Å². The number of nitrogens with one attached hydrogen (secondary N) is 1. The Morgan fingerprint density at radius 3 is 2.80 bits per heavy atom. The standard InChI is InChI=1S/C13H9ClN2O4/c14-9-2-1-3-10(8-9)15-12(17)6-4-11-5-7-13(20-11)16(18)19/h1-8H,(H,15,17)/b6-4+. The molecule has 0 atom stereocenters. The highest BCUT2D eigenvalue weighted by Crippen LogP contribution is 2.17. The van der Waals surface area contributed by atoms with Crippen molar-refractivity contribution in [3.05, 3.63) is 63.4 Å². The summed E-state index contributed by atoms with van der Waals surface area (Å²) in [6.45, 7) is 0. The van der Waals surface area contributed by atoms with Crippen LogP contribution in [0.25, 0.3) is 6.08 Å². The second-order valence-corrected chi connectivity index (χ2v) is 4.20. The van der Waals surface area contributed by atoms with Crippen molar-refractivity contribution in [2.24, 2.45) is 0 Å². The third kappa shape index (κ3) is 3.69. The average molecular weight is 293 g/mol. The van der Waals surface area contributed by atoms with Crippen LogP contribution in [0.2, 0.25) is 5.02 Å². The first-order chi connectivity index (χ1) is 9.54. The van der Waals surface area contributed by atoms with Gasteiger partial charge in [0.15, 0.2) is 0 Å². The van der Waals surface area contributed by atoms with Crippen molar-refractivity contribution in [3.63, 3.8) is 0 Å². The molecule has 0 bridgehead atoms. The van der Waals surface area contributed by atoms with Crippen LogP contribution in [0.5, 0.6) is 0 Å². The number of rotatable bonds is 4. The monoisotopic (exact) mass is 292 g/mol. The Morgan fingerprint density at radius 1 is 1.35 bits per heavy atom. The zero-order chi connectivity index (χ0) is 14.5. The molecule has 7 heteroatoms. The fourth-order valence-corrected chi connectivity index (χ4v) is 1.63. The second kappa shape index (κ2) is 6.03. The van der Waals surface area contributed by atoms with Crippen LogP contribution in [0.4, 0.5) is 11.6 Å². The topological polar surface area (TPSA) is 85.4 Å². The molecule has 0 unspecified atom stereocenters. The first kappa shape index (κ1) is 13.8. The van der Waals surface area contributed by atoms with Crippen LogP contribution in [-0.2, 0) is 4.79 Å². The van der Waals surface area contributed by atoms with E-state index in [0.717, 1.165) is 0 Å². The minimum absolute atomic E-state index is 0.220. The van der Waals surface area contributed by atoms with Crippen molar-refractivity contribution < 1.29 is 14.1 Å². The van der Waals surface area contributed by atoms with E-state index in [0.29, 0.717) is 10.7 Å². The number of nitro groups is 1. The van der Waals surface area contributed by atoms with Gasteiger partial charge in [-0.1, -0.05) is 17.7 Å². The van der Waals surface area contributed by atoms with Gasteiger partial charge >= 0.3 is 5.88 Å². The number of nitrogens with zero attached hydrogens (tertiary/aromatic N) is 1. The first-order valence-electron chi connectivity index (χ1n) is 5.53. The van der Waals surface area contributed by atoms with E-state index in [1.165, 1.54) is 24.3 Å². The third-order valence-electron chi connectivity index (χ3n) is 2.28. The van der Waals surface area contributed by atoms with Crippen LogP contribution in [0.15, 0.2) is 46.9 Å². The van der Waals surface area contributed by atoms with Gasteiger partial charge < -0.3 is 9.73 Å². The van der Waals surface area contributed by atoms with Crippen LogP contribution >= 0.6 is 11.6 Å². The minimum Gasteiger partial charge on any atom is -0.401 e. The SMILES string of the molecule is O=C(/C=C/c1ccc([N+](=O)[O-])o1)Nc1cccc(Cl)c1. The van der Waals surface area contributed by atoms with Crippen LogP contribution in [-0.4, -0.2) is 10.8 Å². The molecule has 6 nitrogen and oxygen atoms in total. The van der Waals surface area contributed by atoms with Gasteiger partial charge in [-0.25, -0.2) is 0 Å². The highest BCUT2D eigenvalue weighted by atomic mass is 35.5. The number of amides is 1. The molecule has 2 rings (SSSR count). The number of furan rings is 1. The molecule has 1 N–H and O–H groups in total. The summed E-state index contributed by atoms with van der Waals surface area (Å²) in [5.74, 6) is -0.552.